The van der Waals surface area contributed by atoms with Gasteiger partial charge in [-0.3, -0.25) is 0 Å². The zero-order valence-corrected chi connectivity index (χ0v) is 24.7. The van der Waals surface area contributed by atoms with Crippen molar-refractivity contribution in [2.75, 3.05) is 92.1 Å². The largest absolute Gasteiger partial charge is 0.380 e. The van der Waals surface area contributed by atoms with E-state index >= 15 is 0 Å². The molecule has 0 aromatic rings. The van der Waals surface area contributed by atoms with Gasteiger partial charge in [0, 0.05) is 52.6 Å². The standard InChI is InChI=1S/C30H52N6O4/c31-13-5-23-37-27-9-19-35(20-10-28-38-24-6-14-32)17-3-1-2-4-18-36(21-11-29-39-25-7-15-33)22-12-30-40-26-8-16-34/h1-12,17-30H2. The van der Waals surface area contributed by atoms with Gasteiger partial charge in [0.1, 0.15) is 0 Å². The van der Waals surface area contributed by atoms with Gasteiger partial charge in [-0.25, -0.2) is 0 Å². The summed E-state index contributed by atoms with van der Waals surface area (Å²) in [5.41, 5.74) is 0. The number of unbranched alkanes of at least 4 members (excludes halogenated alkanes) is 3. The van der Waals surface area contributed by atoms with E-state index in [1.54, 1.807) is 0 Å². The number of hydrogen-bond donors (Lipinski definition) is 0. The lowest BCUT2D eigenvalue weighted by Crippen LogP contribution is -2.29. The molecule has 0 rings (SSSR count). The first-order valence-electron chi connectivity index (χ1n) is 15.0. The quantitative estimate of drug-likeness (QED) is 0.112. The van der Waals surface area contributed by atoms with Crippen LogP contribution in [0.4, 0.5) is 0 Å². The van der Waals surface area contributed by atoms with E-state index in [0.717, 1.165) is 77.8 Å². The van der Waals surface area contributed by atoms with Crippen molar-refractivity contribution < 1.29 is 18.9 Å². The van der Waals surface area contributed by atoms with Gasteiger partial charge in [-0.15, -0.1) is 0 Å². The first kappa shape index (κ1) is 37.7. The molecule has 10 nitrogen and oxygen atoms in total. The van der Waals surface area contributed by atoms with Crippen LogP contribution in [0.1, 0.15) is 77.0 Å². The monoisotopic (exact) mass is 560 g/mol. The van der Waals surface area contributed by atoms with Crippen molar-refractivity contribution >= 4 is 0 Å². The molecule has 0 aliphatic rings. The highest BCUT2D eigenvalue weighted by molar-refractivity contribution is 4.69. The Morgan fingerprint density at radius 1 is 0.325 bits per heavy atom. The minimum atomic E-state index is 0.438. The number of nitrogens with zero attached hydrogens (tertiary/aromatic N) is 6. The average Bonchev–Trinajstić information content (AvgIpc) is 2.96. The lowest BCUT2D eigenvalue weighted by molar-refractivity contribution is 0.110. The van der Waals surface area contributed by atoms with Gasteiger partial charge in [-0.1, -0.05) is 12.8 Å². The van der Waals surface area contributed by atoms with Crippen LogP contribution < -0.4 is 0 Å². The Bertz CT molecular complexity index is 601. The molecular weight excluding hydrogens is 508 g/mol. The average molecular weight is 561 g/mol. The van der Waals surface area contributed by atoms with Gasteiger partial charge in [0.05, 0.1) is 76.4 Å². The second kappa shape index (κ2) is 32.9. The summed E-state index contributed by atoms with van der Waals surface area (Å²) in [6.45, 7) is 10.8. The number of hydrogen-bond acceptors (Lipinski definition) is 10. The Morgan fingerprint density at radius 2 is 0.575 bits per heavy atom. The van der Waals surface area contributed by atoms with Crippen molar-refractivity contribution in [3.8, 4) is 24.3 Å². The normalized spacial score (nSPS) is 10.8. The molecule has 0 unspecified atom stereocenters. The lowest BCUT2D eigenvalue weighted by Gasteiger charge is -2.23. The van der Waals surface area contributed by atoms with E-state index in [9.17, 15) is 0 Å². The first-order chi connectivity index (χ1) is 19.8. The molecule has 10 heteroatoms. The predicted octanol–water partition coefficient (Wildman–Crippen LogP) is 4.43. The number of nitriles is 4. The van der Waals surface area contributed by atoms with Gasteiger partial charge in [-0.05, 0) is 51.6 Å². The highest BCUT2D eigenvalue weighted by atomic mass is 16.5. The zero-order valence-electron chi connectivity index (χ0n) is 24.7. The van der Waals surface area contributed by atoms with E-state index in [0.29, 0.717) is 78.5 Å². The molecule has 0 radical (unpaired) electrons. The molecular formula is C30H52N6O4. The summed E-state index contributed by atoms with van der Waals surface area (Å²) >= 11 is 0. The van der Waals surface area contributed by atoms with Crippen LogP contribution in [0.15, 0.2) is 0 Å². The molecule has 0 heterocycles. The highest BCUT2D eigenvalue weighted by Crippen LogP contribution is 2.07. The third-order valence-corrected chi connectivity index (χ3v) is 6.18. The fraction of sp³-hybridized carbons (Fsp3) is 0.867. The van der Waals surface area contributed by atoms with Crippen LogP contribution in [0.25, 0.3) is 0 Å². The van der Waals surface area contributed by atoms with Crippen LogP contribution in [-0.2, 0) is 18.9 Å². The van der Waals surface area contributed by atoms with Crippen molar-refractivity contribution in [1.29, 1.82) is 21.0 Å². The van der Waals surface area contributed by atoms with E-state index in [4.69, 9.17) is 40.0 Å². The van der Waals surface area contributed by atoms with Crippen molar-refractivity contribution in [1.82, 2.24) is 9.80 Å². The summed E-state index contributed by atoms with van der Waals surface area (Å²) < 4.78 is 22.1. The van der Waals surface area contributed by atoms with Crippen LogP contribution in [0.2, 0.25) is 0 Å². The fourth-order valence-corrected chi connectivity index (χ4v) is 4.14. The Kier molecular flexibility index (Phi) is 31.1. The summed E-state index contributed by atoms with van der Waals surface area (Å²) in [6.07, 6.45) is 10.3. The maximum Gasteiger partial charge on any atom is 0.0645 e. The summed E-state index contributed by atoms with van der Waals surface area (Å²) in [4.78, 5) is 4.96. The highest BCUT2D eigenvalue weighted by Gasteiger charge is 2.07. The van der Waals surface area contributed by atoms with E-state index < -0.39 is 0 Å². The van der Waals surface area contributed by atoms with Gasteiger partial charge in [0.25, 0.3) is 0 Å². The van der Waals surface area contributed by atoms with Crippen LogP contribution in [0.5, 0.6) is 0 Å². The SMILES string of the molecule is N#CCCOCCCN(CCCCCCN(CCCOCCC#N)CCCOCCC#N)CCCOCCC#N. The molecule has 0 N–H and O–H groups in total. The molecule has 0 amide bonds. The van der Waals surface area contributed by atoms with Crippen molar-refractivity contribution in [2.24, 2.45) is 0 Å². The van der Waals surface area contributed by atoms with E-state index in [1.807, 2.05) is 0 Å². The Morgan fingerprint density at radius 3 is 0.825 bits per heavy atom. The minimum absolute atomic E-state index is 0.438. The van der Waals surface area contributed by atoms with Crippen molar-refractivity contribution in [2.45, 2.75) is 77.0 Å². The minimum Gasteiger partial charge on any atom is -0.380 e. The molecule has 0 aromatic heterocycles. The predicted molar refractivity (Wildman–Crippen MR) is 154 cm³/mol. The van der Waals surface area contributed by atoms with Gasteiger partial charge in [0.2, 0.25) is 0 Å². The molecule has 0 spiro atoms. The number of ether oxygens (including phenoxy) is 4. The molecule has 0 bridgehead atoms. The molecule has 0 aliphatic heterocycles. The fourth-order valence-electron chi connectivity index (χ4n) is 4.14. The molecule has 0 saturated heterocycles. The molecule has 40 heavy (non-hydrogen) atoms. The van der Waals surface area contributed by atoms with Crippen LogP contribution in [0, 0.1) is 45.3 Å². The number of rotatable bonds is 31. The van der Waals surface area contributed by atoms with Crippen LogP contribution in [0.3, 0.4) is 0 Å². The van der Waals surface area contributed by atoms with Gasteiger partial charge < -0.3 is 28.7 Å². The second-order valence-electron chi connectivity index (χ2n) is 9.59. The van der Waals surface area contributed by atoms with Crippen molar-refractivity contribution in [3.05, 3.63) is 0 Å². The molecule has 0 aromatic carbocycles. The third-order valence-electron chi connectivity index (χ3n) is 6.18. The van der Waals surface area contributed by atoms with Gasteiger partial charge in [0.15, 0.2) is 0 Å². The molecule has 0 fully saturated rings. The summed E-state index contributed by atoms with van der Waals surface area (Å²) in [6, 6.07) is 8.41. The van der Waals surface area contributed by atoms with E-state index in [-0.39, 0.29) is 0 Å². The Hall–Kier alpha value is -2.28. The maximum absolute atomic E-state index is 8.62. The Labute approximate surface area is 243 Å². The van der Waals surface area contributed by atoms with E-state index in [1.165, 1.54) is 12.8 Å². The topological polar surface area (TPSA) is 139 Å². The zero-order chi connectivity index (χ0) is 29.2. The van der Waals surface area contributed by atoms with E-state index in [2.05, 4.69) is 34.1 Å². The third kappa shape index (κ3) is 28.7. The van der Waals surface area contributed by atoms with Gasteiger partial charge >= 0.3 is 0 Å². The summed E-state index contributed by atoms with van der Waals surface area (Å²) in [5, 5.41) is 34.5. The lowest BCUT2D eigenvalue weighted by atomic mass is 10.1. The second-order valence-corrected chi connectivity index (χ2v) is 9.59. The van der Waals surface area contributed by atoms with Crippen LogP contribution >= 0.6 is 0 Å². The van der Waals surface area contributed by atoms with Crippen LogP contribution in [-0.4, -0.2) is 102 Å². The van der Waals surface area contributed by atoms with Crippen molar-refractivity contribution in [3.63, 3.8) is 0 Å². The summed E-state index contributed by atoms with van der Waals surface area (Å²) in [7, 11) is 0. The molecule has 0 saturated carbocycles. The smallest absolute Gasteiger partial charge is 0.0645 e. The molecule has 226 valence electrons. The molecule has 0 aliphatic carbocycles. The summed E-state index contributed by atoms with van der Waals surface area (Å²) in [5.74, 6) is 0. The molecule has 0 atom stereocenters. The van der Waals surface area contributed by atoms with Gasteiger partial charge in [-0.2, -0.15) is 21.0 Å². The first-order valence-corrected chi connectivity index (χ1v) is 15.0. The Balaban J connectivity index is 4.28. The maximum atomic E-state index is 8.62.